The van der Waals surface area contributed by atoms with Crippen LogP contribution in [0.4, 0.5) is 0 Å². The molecule has 13 nitrogen and oxygen atoms in total. The Balaban J connectivity index is 1.13. The lowest BCUT2D eigenvalue weighted by Gasteiger charge is -2.61. The molecule has 8 N–H and O–H groups in total. The van der Waals surface area contributed by atoms with Gasteiger partial charge in [-0.2, -0.15) is 0 Å². The number of hydrogen-bond donors (Lipinski definition) is 8. The Labute approximate surface area is 276 Å². The van der Waals surface area contributed by atoms with Crippen LogP contribution in [0.5, 0.6) is 0 Å². The fourth-order valence-corrected chi connectivity index (χ4v) is 10.7. The summed E-state index contributed by atoms with van der Waals surface area (Å²) in [5.41, 5.74) is 0.118. The maximum atomic E-state index is 12.3. The van der Waals surface area contributed by atoms with Gasteiger partial charge in [-0.05, 0) is 88.4 Å². The average Bonchev–Trinajstić information content (AvgIpc) is 3.32. The molecular weight excluding hydrogens is 616 g/mol. The average molecular weight is 673 g/mol. The van der Waals surface area contributed by atoms with E-state index in [1.165, 1.54) is 12.7 Å². The number of aliphatic hydroxyl groups is 8. The molecule has 0 aromatic carbocycles. The fraction of sp³-hybridized carbons (Fsp3) is 0.941. The van der Waals surface area contributed by atoms with Crippen molar-refractivity contribution in [1.29, 1.82) is 0 Å². The zero-order valence-corrected chi connectivity index (χ0v) is 28.1. The molecule has 18 atom stereocenters. The Hall–Kier alpha value is -0.780. The number of methoxy groups -OCH3 is 1. The molecule has 0 aromatic heterocycles. The molecule has 6 rings (SSSR count). The molecule has 13 heteroatoms. The van der Waals surface area contributed by atoms with Crippen LogP contribution in [-0.4, -0.2) is 133 Å². The van der Waals surface area contributed by atoms with Crippen LogP contribution in [0.25, 0.3) is 0 Å². The van der Waals surface area contributed by atoms with Crippen LogP contribution in [0.2, 0.25) is 0 Å². The van der Waals surface area contributed by atoms with Crippen molar-refractivity contribution in [3.63, 3.8) is 0 Å². The van der Waals surface area contributed by atoms with Crippen molar-refractivity contribution in [1.82, 2.24) is 0 Å². The molecule has 3 saturated carbocycles. The van der Waals surface area contributed by atoms with E-state index in [1.807, 2.05) is 6.92 Å². The van der Waals surface area contributed by atoms with Crippen LogP contribution in [-0.2, 0) is 23.7 Å². The summed E-state index contributed by atoms with van der Waals surface area (Å²) in [6.07, 6.45) is -4.59. The maximum Gasteiger partial charge on any atom is 0.311 e. The van der Waals surface area contributed by atoms with Gasteiger partial charge >= 0.3 is 5.97 Å². The van der Waals surface area contributed by atoms with Crippen LogP contribution >= 0.6 is 0 Å². The van der Waals surface area contributed by atoms with Gasteiger partial charge in [-0.15, -0.1) is 0 Å². The Bertz CT molecular complexity index is 1170. The van der Waals surface area contributed by atoms with Gasteiger partial charge in [0.2, 0.25) is 0 Å². The normalized spacial score (nSPS) is 55.4. The molecule has 0 aromatic rings. The molecule has 2 aliphatic heterocycles. The highest BCUT2D eigenvalue weighted by Crippen LogP contribution is 2.68. The van der Waals surface area contributed by atoms with E-state index in [-0.39, 0.29) is 28.8 Å². The largest absolute Gasteiger partial charge is 0.394 e. The maximum absolute atomic E-state index is 12.3. The predicted molar refractivity (Wildman–Crippen MR) is 164 cm³/mol. The first-order valence-electron chi connectivity index (χ1n) is 17.4. The van der Waals surface area contributed by atoms with Gasteiger partial charge in [0.15, 0.2) is 12.4 Å². The number of ether oxygens (including phenoxy) is 5. The molecule has 270 valence electrons. The highest BCUT2D eigenvalue weighted by Gasteiger charge is 2.67. The second kappa shape index (κ2) is 12.8. The SMILES string of the molecule is COC1[C@@H](O[C@]2(O)OC(CO)[C@@H](O)C(O)[C@@H]2O)C(C)O[C@@H](O[C@H]2CC[C@@]3(C)C(=CCC4C3CC[C@]3(C)[C@@H](C(C)O)CC[C@]43O)C2)[C@H]1O. The summed E-state index contributed by atoms with van der Waals surface area (Å²) in [5, 5.41) is 85.5. The summed E-state index contributed by atoms with van der Waals surface area (Å²) >= 11 is 0. The zero-order valence-electron chi connectivity index (χ0n) is 28.1. The lowest BCUT2D eigenvalue weighted by molar-refractivity contribution is -0.473. The summed E-state index contributed by atoms with van der Waals surface area (Å²) in [6.45, 7) is 7.22. The van der Waals surface area contributed by atoms with Gasteiger partial charge in [-0.3, -0.25) is 0 Å². The van der Waals surface area contributed by atoms with Gasteiger partial charge < -0.3 is 64.5 Å². The summed E-state index contributed by atoms with van der Waals surface area (Å²) in [7, 11) is 1.35. The smallest absolute Gasteiger partial charge is 0.311 e. The quantitative estimate of drug-likeness (QED) is 0.133. The molecule has 7 unspecified atom stereocenters. The van der Waals surface area contributed by atoms with Gasteiger partial charge in [-0.1, -0.05) is 25.5 Å². The van der Waals surface area contributed by atoms with Crippen LogP contribution in [0.15, 0.2) is 11.6 Å². The van der Waals surface area contributed by atoms with Crippen LogP contribution in [0, 0.1) is 28.6 Å². The molecule has 0 amide bonds. The number of fused-ring (bicyclic) bond motifs is 5. The van der Waals surface area contributed by atoms with Gasteiger partial charge in [0, 0.05) is 12.5 Å². The summed E-state index contributed by atoms with van der Waals surface area (Å²) in [4.78, 5) is 0. The van der Waals surface area contributed by atoms with Crippen molar-refractivity contribution in [2.45, 2.75) is 158 Å². The highest BCUT2D eigenvalue weighted by atomic mass is 16.8. The lowest BCUT2D eigenvalue weighted by atomic mass is 9.45. The molecule has 0 bridgehead atoms. The van der Waals surface area contributed by atoms with Crippen LogP contribution < -0.4 is 0 Å². The summed E-state index contributed by atoms with van der Waals surface area (Å²) in [6, 6.07) is 0. The summed E-state index contributed by atoms with van der Waals surface area (Å²) < 4.78 is 29.0. The third-order valence-electron chi connectivity index (χ3n) is 13.5. The zero-order chi connectivity index (χ0) is 34.3. The van der Waals surface area contributed by atoms with Crippen molar-refractivity contribution in [3.8, 4) is 0 Å². The molecule has 6 aliphatic rings. The van der Waals surface area contributed by atoms with E-state index >= 15 is 0 Å². The Morgan fingerprint density at radius 1 is 0.957 bits per heavy atom. The van der Waals surface area contributed by atoms with Gasteiger partial charge in [-0.25, -0.2) is 0 Å². The molecule has 2 heterocycles. The van der Waals surface area contributed by atoms with E-state index in [1.54, 1.807) is 6.92 Å². The predicted octanol–water partition coefficient (Wildman–Crippen LogP) is 0.0721. The minimum absolute atomic E-state index is 0.0864. The first-order chi connectivity index (χ1) is 22.0. The van der Waals surface area contributed by atoms with Crippen molar-refractivity contribution in [3.05, 3.63) is 11.6 Å². The van der Waals surface area contributed by atoms with Crippen molar-refractivity contribution in [2.24, 2.45) is 28.6 Å². The molecule has 5 fully saturated rings. The van der Waals surface area contributed by atoms with Gasteiger partial charge in [0.1, 0.15) is 36.6 Å². The van der Waals surface area contributed by atoms with E-state index in [0.29, 0.717) is 12.3 Å². The number of rotatable bonds is 7. The fourth-order valence-electron chi connectivity index (χ4n) is 10.7. The number of hydrogen-bond acceptors (Lipinski definition) is 13. The summed E-state index contributed by atoms with van der Waals surface area (Å²) in [5.74, 6) is -2.27. The standard InChI is InChI=1S/C34H56O13/c1-16(36)20-10-13-33(41)22-7-6-18-14-19(8-11-31(18,3)21(22)9-12-32(20,33)4)45-30-26(39)28(43-5)27(17(2)44-30)47-34(42)29(40)25(38)24(37)23(15-35)46-34/h6,16-17,19-30,35-42H,7-15H2,1-5H3/t16?,17?,19-,20+,21?,22?,23?,24+,25?,26-,27-,28?,29-,30-,31-,32+,33-,34+/m0/s1. The van der Waals surface area contributed by atoms with E-state index in [9.17, 15) is 40.9 Å². The van der Waals surface area contributed by atoms with Crippen molar-refractivity contribution in [2.75, 3.05) is 13.7 Å². The minimum atomic E-state index is -2.84. The first kappa shape index (κ1) is 36.0. The van der Waals surface area contributed by atoms with E-state index in [0.717, 1.165) is 44.9 Å². The Kier molecular flexibility index (Phi) is 9.79. The third-order valence-corrected chi connectivity index (χ3v) is 13.5. The Morgan fingerprint density at radius 2 is 1.68 bits per heavy atom. The van der Waals surface area contributed by atoms with Crippen molar-refractivity contribution < 1.29 is 64.5 Å². The molecule has 2 saturated heterocycles. The molecular formula is C34H56O13. The number of aliphatic hydroxyl groups excluding tert-OH is 6. The van der Waals surface area contributed by atoms with Gasteiger partial charge in [0.05, 0.1) is 30.5 Å². The van der Waals surface area contributed by atoms with Crippen LogP contribution in [0.3, 0.4) is 0 Å². The van der Waals surface area contributed by atoms with Crippen molar-refractivity contribution >= 4 is 0 Å². The third kappa shape index (κ3) is 5.56. The highest BCUT2D eigenvalue weighted by molar-refractivity contribution is 5.28. The molecule has 0 spiro atoms. The van der Waals surface area contributed by atoms with E-state index in [4.69, 9.17) is 23.7 Å². The monoisotopic (exact) mass is 672 g/mol. The minimum Gasteiger partial charge on any atom is -0.394 e. The van der Waals surface area contributed by atoms with E-state index < -0.39 is 79.4 Å². The molecule has 47 heavy (non-hydrogen) atoms. The topological polar surface area (TPSA) is 208 Å². The Morgan fingerprint density at radius 3 is 2.34 bits per heavy atom. The molecule has 0 radical (unpaired) electrons. The first-order valence-corrected chi connectivity index (χ1v) is 17.4. The van der Waals surface area contributed by atoms with E-state index in [2.05, 4.69) is 19.9 Å². The van der Waals surface area contributed by atoms with Gasteiger partial charge in [0.25, 0.3) is 0 Å². The lowest BCUT2D eigenvalue weighted by Crippen LogP contribution is -2.69. The molecule has 4 aliphatic carbocycles. The van der Waals surface area contributed by atoms with Crippen LogP contribution in [0.1, 0.15) is 79.1 Å². The number of allylic oxidation sites excluding steroid dienone is 1. The second-order valence-electron chi connectivity index (χ2n) is 15.7. The second-order valence-corrected chi connectivity index (χ2v) is 15.7.